The normalized spacial score (nSPS) is 12.7. The summed E-state index contributed by atoms with van der Waals surface area (Å²) >= 11 is 0. The zero-order chi connectivity index (χ0) is 18.1. The van der Waals surface area contributed by atoms with E-state index in [1.807, 2.05) is 24.3 Å². The molecule has 3 aromatic rings. The van der Waals surface area contributed by atoms with Gasteiger partial charge in [0.15, 0.2) is 0 Å². The minimum Gasteiger partial charge on any atom is -0.508 e. The Morgan fingerprint density at radius 1 is 1.00 bits per heavy atom. The number of carbonyl (C=O) groups is 1. The summed E-state index contributed by atoms with van der Waals surface area (Å²) in [4.78, 5) is 13.8. The van der Waals surface area contributed by atoms with E-state index in [0.29, 0.717) is 11.4 Å². The third-order valence-electron chi connectivity index (χ3n) is 4.56. The van der Waals surface area contributed by atoms with Crippen LogP contribution >= 0.6 is 0 Å². The third kappa shape index (κ3) is 2.95. The Balaban J connectivity index is 1.73. The van der Waals surface area contributed by atoms with Crippen molar-refractivity contribution < 1.29 is 15.0 Å². The van der Waals surface area contributed by atoms with Crippen molar-refractivity contribution in [2.75, 3.05) is 16.8 Å². The number of hydrogen-bond acceptors (Lipinski definition) is 4. The second-order valence-corrected chi connectivity index (χ2v) is 6.24. The van der Waals surface area contributed by atoms with Crippen molar-refractivity contribution in [1.82, 2.24) is 0 Å². The van der Waals surface area contributed by atoms with Crippen molar-refractivity contribution in [2.24, 2.45) is 0 Å². The fourth-order valence-electron chi connectivity index (χ4n) is 3.34. The van der Waals surface area contributed by atoms with Gasteiger partial charge in [-0.05, 0) is 48.4 Å². The van der Waals surface area contributed by atoms with Crippen molar-refractivity contribution in [1.29, 1.82) is 0 Å². The van der Waals surface area contributed by atoms with Crippen molar-refractivity contribution >= 4 is 28.7 Å². The first kappa shape index (κ1) is 16.0. The number of carboxylic acids is 1. The lowest BCUT2D eigenvalue weighted by Gasteiger charge is -2.21. The summed E-state index contributed by atoms with van der Waals surface area (Å²) in [6, 6.07) is 20.1. The Morgan fingerprint density at radius 2 is 1.85 bits per heavy atom. The highest BCUT2D eigenvalue weighted by atomic mass is 16.4. The molecule has 1 aliphatic rings. The number of rotatable bonds is 4. The first-order valence-electron chi connectivity index (χ1n) is 8.41. The number of nitrogens with one attached hydrogen (secondary N) is 1. The molecule has 5 heteroatoms. The molecule has 0 radical (unpaired) electrons. The highest BCUT2D eigenvalue weighted by molar-refractivity contribution is 5.96. The maximum absolute atomic E-state index is 11.6. The molecule has 0 fully saturated rings. The van der Waals surface area contributed by atoms with Crippen LogP contribution in [0.4, 0.5) is 22.7 Å². The van der Waals surface area contributed by atoms with Crippen LogP contribution in [0, 0.1) is 0 Å². The molecule has 0 atom stereocenters. The Bertz CT molecular complexity index is 984. The van der Waals surface area contributed by atoms with Crippen LogP contribution < -0.4 is 10.2 Å². The zero-order valence-corrected chi connectivity index (χ0v) is 14.0. The van der Waals surface area contributed by atoms with Crippen molar-refractivity contribution in [3.8, 4) is 5.75 Å². The lowest BCUT2D eigenvalue weighted by Crippen LogP contribution is -2.14. The summed E-state index contributed by atoms with van der Waals surface area (Å²) in [5.74, 6) is -0.877. The largest absolute Gasteiger partial charge is 0.508 e. The molecule has 0 aromatic heterocycles. The number of aromatic carboxylic acids is 1. The summed E-state index contributed by atoms with van der Waals surface area (Å²) in [6.07, 6.45) is 0.964. The van der Waals surface area contributed by atoms with Crippen LogP contribution in [-0.4, -0.2) is 22.7 Å². The molecule has 4 rings (SSSR count). The van der Waals surface area contributed by atoms with E-state index in [1.54, 1.807) is 30.3 Å². The average molecular weight is 346 g/mol. The SMILES string of the molecule is O=C(O)c1ccc(N2CCc3ccccc32)cc1Nc1cccc(O)c1. The van der Waals surface area contributed by atoms with Crippen LogP contribution in [0.25, 0.3) is 0 Å². The maximum Gasteiger partial charge on any atom is 0.337 e. The van der Waals surface area contributed by atoms with Crippen molar-refractivity contribution in [2.45, 2.75) is 6.42 Å². The van der Waals surface area contributed by atoms with Crippen LogP contribution in [0.2, 0.25) is 0 Å². The second kappa shape index (κ2) is 6.44. The standard InChI is InChI=1S/C21H18N2O3/c24-17-6-3-5-15(12-17)22-19-13-16(8-9-18(19)21(25)26)23-11-10-14-4-1-2-7-20(14)23/h1-9,12-13,22,24H,10-11H2,(H,25,26). The lowest BCUT2D eigenvalue weighted by atomic mass is 10.1. The van der Waals surface area contributed by atoms with Crippen LogP contribution in [0.1, 0.15) is 15.9 Å². The molecule has 0 spiro atoms. The van der Waals surface area contributed by atoms with E-state index < -0.39 is 5.97 Å². The summed E-state index contributed by atoms with van der Waals surface area (Å²) in [5, 5.41) is 22.3. The van der Waals surface area contributed by atoms with E-state index in [4.69, 9.17) is 0 Å². The number of carboxylic acid groups (broad SMARTS) is 1. The zero-order valence-electron chi connectivity index (χ0n) is 14.0. The van der Waals surface area contributed by atoms with Gasteiger partial charge >= 0.3 is 5.97 Å². The number of anilines is 4. The van der Waals surface area contributed by atoms with E-state index in [1.165, 1.54) is 5.56 Å². The fraction of sp³-hybridized carbons (Fsp3) is 0.0952. The minimum absolute atomic E-state index is 0.122. The highest BCUT2D eigenvalue weighted by Gasteiger charge is 2.21. The molecular formula is C21H18N2O3. The van der Waals surface area contributed by atoms with Gasteiger partial charge in [0.25, 0.3) is 0 Å². The molecule has 0 saturated carbocycles. The third-order valence-corrected chi connectivity index (χ3v) is 4.56. The first-order valence-corrected chi connectivity index (χ1v) is 8.41. The van der Waals surface area contributed by atoms with Crippen molar-refractivity contribution in [3.05, 3.63) is 77.9 Å². The summed E-state index contributed by atoms with van der Waals surface area (Å²) in [6.45, 7) is 0.858. The number of nitrogens with zero attached hydrogens (tertiary/aromatic N) is 1. The van der Waals surface area contributed by atoms with Gasteiger partial charge in [0, 0.05) is 29.7 Å². The van der Waals surface area contributed by atoms with Crippen LogP contribution in [0.3, 0.4) is 0 Å². The predicted molar refractivity (Wildman–Crippen MR) is 102 cm³/mol. The molecule has 5 nitrogen and oxygen atoms in total. The number of fused-ring (bicyclic) bond motifs is 1. The van der Waals surface area contributed by atoms with Gasteiger partial charge in [-0.1, -0.05) is 24.3 Å². The fourth-order valence-corrected chi connectivity index (χ4v) is 3.34. The molecule has 0 unspecified atom stereocenters. The van der Waals surface area contributed by atoms with E-state index in [0.717, 1.165) is 24.3 Å². The molecule has 0 saturated heterocycles. The second-order valence-electron chi connectivity index (χ2n) is 6.24. The molecule has 3 N–H and O–H groups in total. The van der Waals surface area contributed by atoms with Gasteiger partial charge in [-0.15, -0.1) is 0 Å². The van der Waals surface area contributed by atoms with E-state index in [-0.39, 0.29) is 11.3 Å². The molecule has 0 bridgehead atoms. The van der Waals surface area contributed by atoms with Crippen LogP contribution in [0.5, 0.6) is 5.75 Å². The maximum atomic E-state index is 11.6. The summed E-state index contributed by atoms with van der Waals surface area (Å²) in [5.41, 5.74) is 4.68. The molecule has 130 valence electrons. The monoisotopic (exact) mass is 346 g/mol. The van der Waals surface area contributed by atoms with Gasteiger partial charge in [0.1, 0.15) is 5.75 Å². The molecule has 26 heavy (non-hydrogen) atoms. The van der Waals surface area contributed by atoms with Gasteiger partial charge in [0.2, 0.25) is 0 Å². The number of hydrogen-bond donors (Lipinski definition) is 3. The summed E-state index contributed by atoms with van der Waals surface area (Å²) < 4.78 is 0. The van der Waals surface area contributed by atoms with Crippen molar-refractivity contribution in [3.63, 3.8) is 0 Å². The quantitative estimate of drug-likeness (QED) is 0.647. The topological polar surface area (TPSA) is 72.8 Å². The van der Waals surface area contributed by atoms with Crippen LogP contribution in [0.15, 0.2) is 66.7 Å². The molecular weight excluding hydrogens is 328 g/mol. The van der Waals surface area contributed by atoms with E-state index in [9.17, 15) is 15.0 Å². The molecule has 1 aliphatic heterocycles. The smallest absolute Gasteiger partial charge is 0.337 e. The number of para-hydroxylation sites is 1. The number of benzene rings is 3. The Kier molecular flexibility index (Phi) is 3.97. The molecule has 0 amide bonds. The number of aromatic hydroxyl groups is 1. The molecule has 1 heterocycles. The number of phenols is 1. The lowest BCUT2D eigenvalue weighted by molar-refractivity contribution is 0.0698. The van der Waals surface area contributed by atoms with Gasteiger partial charge in [0.05, 0.1) is 11.3 Å². The van der Waals surface area contributed by atoms with Gasteiger partial charge in [-0.2, -0.15) is 0 Å². The van der Waals surface area contributed by atoms with E-state index in [2.05, 4.69) is 22.3 Å². The Hall–Kier alpha value is -3.47. The molecule has 3 aromatic carbocycles. The Labute approximate surface area is 151 Å². The Morgan fingerprint density at radius 3 is 2.65 bits per heavy atom. The van der Waals surface area contributed by atoms with E-state index >= 15 is 0 Å². The average Bonchev–Trinajstić information content (AvgIpc) is 3.05. The van der Waals surface area contributed by atoms with Gasteiger partial charge in [-0.3, -0.25) is 0 Å². The molecule has 0 aliphatic carbocycles. The minimum atomic E-state index is -0.999. The first-order chi connectivity index (χ1) is 12.6. The van der Waals surface area contributed by atoms with Gasteiger partial charge in [-0.25, -0.2) is 4.79 Å². The number of phenolic OH excluding ortho intramolecular Hbond substituents is 1. The summed E-state index contributed by atoms with van der Waals surface area (Å²) in [7, 11) is 0. The predicted octanol–water partition coefficient (Wildman–Crippen LogP) is 4.53. The van der Waals surface area contributed by atoms with Gasteiger partial charge < -0.3 is 20.4 Å². The highest BCUT2D eigenvalue weighted by Crippen LogP contribution is 2.36. The van der Waals surface area contributed by atoms with Crippen LogP contribution in [-0.2, 0) is 6.42 Å².